The van der Waals surface area contributed by atoms with E-state index < -0.39 is 0 Å². The Labute approximate surface area is 199 Å². The molecule has 1 heterocycles. The van der Waals surface area contributed by atoms with Gasteiger partial charge in [-0.1, -0.05) is 104 Å². The van der Waals surface area contributed by atoms with Gasteiger partial charge in [0.2, 0.25) is 0 Å². The molecule has 1 nitrogen and oxygen atoms in total. The molecule has 6 aromatic rings. The Bertz CT molecular complexity index is 1660. The predicted octanol–water partition coefficient (Wildman–Crippen LogP) is 9.75. The highest BCUT2D eigenvalue weighted by molar-refractivity contribution is 6.21. The number of hydrogen-bond donors (Lipinski definition) is 0. The second kappa shape index (κ2) is 8.20. The summed E-state index contributed by atoms with van der Waals surface area (Å²) in [6.07, 6.45) is 5.91. The molecule has 162 valence electrons. The summed E-state index contributed by atoms with van der Waals surface area (Å²) in [5.74, 6) is 0.805. The highest BCUT2D eigenvalue weighted by atomic mass is 16.3. The third kappa shape index (κ3) is 3.09. The molecule has 0 N–H and O–H groups in total. The smallest absolute Gasteiger partial charge is 0.136 e. The Balaban J connectivity index is 1.72. The first kappa shape index (κ1) is 20.3. The van der Waals surface area contributed by atoms with E-state index in [4.69, 9.17) is 4.42 Å². The summed E-state index contributed by atoms with van der Waals surface area (Å²) in [4.78, 5) is 0. The Hall–Kier alpha value is -4.36. The normalized spacial score (nSPS) is 11.7. The van der Waals surface area contributed by atoms with Gasteiger partial charge in [-0.25, -0.2) is 0 Å². The van der Waals surface area contributed by atoms with Crippen LogP contribution in [0, 0.1) is 0 Å². The largest absolute Gasteiger partial charge is 0.456 e. The molecular weight excluding hydrogens is 412 g/mol. The Morgan fingerprint density at radius 3 is 1.74 bits per heavy atom. The lowest BCUT2D eigenvalue weighted by Crippen LogP contribution is -1.90. The van der Waals surface area contributed by atoms with Crippen LogP contribution in [-0.2, 0) is 0 Å². The SMILES string of the molecule is C=Cc1oc2cc(-c3c4ccccc4c(-c4ccccc4)c4ccccc34)ccc2c1/C=C\C. The average molecular weight is 437 g/mol. The van der Waals surface area contributed by atoms with E-state index in [0.717, 1.165) is 27.9 Å². The van der Waals surface area contributed by atoms with Crippen LogP contribution in [-0.4, -0.2) is 0 Å². The van der Waals surface area contributed by atoms with Gasteiger partial charge in [-0.15, -0.1) is 0 Å². The second-order valence-electron chi connectivity index (χ2n) is 8.50. The zero-order valence-corrected chi connectivity index (χ0v) is 19.1. The molecule has 1 heteroatoms. The molecular formula is C33H24O. The highest BCUT2D eigenvalue weighted by Crippen LogP contribution is 2.44. The number of fused-ring (bicyclic) bond motifs is 3. The van der Waals surface area contributed by atoms with E-state index in [9.17, 15) is 0 Å². The summed E-state index contributed by atoms with van der Waals surface area (Å²) < 4.78 is 6.21. The number of hydrogen-bond acceptors (Lipinski definition) is 1. The number of furan rings is 1. The first-order chi connectivity index (χ1) is 16.8. The van der Waals surface area contributed by atoms with Gasteiger partial charge < -0.3 is 4.42 Å². The van der Waals surface area contributed by atoms with Crippen molar-refractivity contribution in [1.29, 1.82) is 0 Å². The Kier molecular flexibility index (Phi) is 4.89. The topological polar surface area (TPSA) is 13.1 Å². The lowest BCUT2D eigenvalue weighted by atomic mass is 9.86. The van der Waals surface area contributed by atoms with Crippen molar-refractivity contribution in [1.82, 2.24) is 0 Å². The quantitative estimate of drug-likeness (QED) is 0.251. The van der Waals surface area contributed by atoms with Crippen LogP contribution in [0.5, 0.6) is 0 Å². The fourth-order valence-corrected chi connectivity index (χ4v) is 5.14. The van der Waals surface area contributed by atoms with Gasteiger partial charge >= 0.3 is 0 Å². The first-order valence-corrected chi connectivity index (χ1v) is 11.6. The van der Waals surface area contributed by atoms with Crippen molar-refractivity contribution in [2.24, 2.45) is 0 Å². The lowest BCUT2D eigenvalue weighted by molar-refractivity contribution is 0.603. The maximum atomic E-state index is 6.21. The molecule has 0 atom stereocenters. The van der Waals surface area contributed by atoms with Crippen molar-refractivity contribution in [3.63, 3.8) is 0 Å². The maximum absolute atomic E-state index is 6.21. The lowest BCUT2D eigenvalue weighted by Gasteiger charge is -2.17. The van der Waals surface area contributed by atoms with E-state index in [0.29, 0.717) is 0 Å². The monoisotopic (exact) mass is 436 g/mol. The first-order valence-electron chi connectivity index (χ1n) is 11.6. The zero-order chi connectivity index (χ0) is 23.1. The summed E-state index contributed by atoms with van der Waals surface area (Å²) in [6, 6.07) is 34.7. The molecule has 1 aromatic heterocycles. The molecule has 34 heavy (non-hydrogen) atoms. The van der Waals surface area contributed by atoms with Gasteiger partial charge in [-0.3, -0.25) is 0 Å². The average Bonchev–Trinajstić information content (AvgIpc) is 3.24. The minimum atomic E-state index is 0.805. The third-order valence-corrected chi connectivity index (χ3v) is 6.56. The van der Waals surface area contributed by atoms with Gasteiger partial charge in [0.25, 0.3) is 0 Å². The van der Waals surface area contributed by atoms with Crippen molar-refractivity contribution < 1.29 is 4.42 Å². The predicted molar refractivity (Wildman–Crippen MR) is 147 cm³/mol. The summed E-state index contributed by atoms with van der Waals surface area (Å²) in [5.41, 5.74) is 6.84. The molecule has 6 rings (SSSR count). The minimum Gasteiger partial charge on any atom is -0.456 e. The fourth-order valence-electron chi connectivity index (χ4n) is 5.14. The molecule has 0 spiro atoms. The van der Waals surface area contributed by atoms with Crippen molar-refractivity contribution in [2.75, 3.05) is 0 Å². The van der Waals surface area contributed by atoms with Crippen LogP contribution in [0.3, 0.4) is 0 Å². The van der Waals surface area contributed by atoms with Crippen molar-refractivity contribution in [3.05, 3.63) is 121 Å². The van der Waals surface area contributed by atoms with Crippen LogP contribution in [0.2, 0.25) is 0 Å². The van der Waals surface area contributed by atoms with Gasteiger partial charge in [0, 0.05) is 10.9 Å². The highest BCUT2D eigenvalue weighted by Gasteiger charge is 2.17. The van der Waals surface area contributed by atoms with Crippen molar-refractivity contribution in [3.8, 4) is 22.3 Å². The van der Waals surface area contributed by atoms with E-state index in [1.807, 2.05) is 13.0 Å². The minimum absolute atomic E-state index is 0.805. The van der Waals surface area contributed by atoms with E-state index >= 15 is 0 Å². The molecule has 0 aliphatic carbocycles. The molecule has 0 bridgehead atoms. The van der Waals surface area contributed by atoms with E-state index in [1.165, 1.54) is 38.2 Å². The molecule has 0 saturated carbocycles. The van der Waals surface area contributed by atoms with Crippen LogP contribution >= 0.6 is 0 Å². The van der Waals surface area contributed by atoms with Gasteiger partial charge in [0.05, 0.1) is 0 Å². The standard InChI is InChI=1S/C33H24O/c1-3-12-24-25-20-19-23(21-31(25)34-30(24)4-2)33-28-17-10-8-15-26(28)32(22-13-6-5-7-14-22)27-16-9-11-18-29(27)33/h3-21H,2H2,1H3/b12-3-. The Morgan fingerprint density at radius 2 is 1.18 bits per heavy atom. The van der Waals surface area contributed by atoms with Crippen LogP contribution in [0.1, 0.15) is 18.2 Å². The molecule has 0 fully saturated rings. The van der Waals surface area contributed by atoms with Crippen LogP contribution < -0.4 is 0 Å². The molecule has 0 aliphatic heterocycles. The molecule has 5 aromatic carbocycles. The van der Waals surface area contributed by atoms with Gasteiger partial charge in [0.15, 0.2) is 0 Å². The number of benzene rings is 5. The molecule has 0 unspecified atom stereocenters. The van der Waals surface area contributed by atoms with E-state index in [-0.39, 0.29) is 0 Å². The van der Waals surface area contributed by atoms with Gasteiger partial charge in [-0.05, 0) is 68.9 Å². The van der Waals surface area contributed by atoms with Crippen LogP contribution in [0.25, 0.3) is 66.9 Å². The zero-order valence-electron chi connectivity index (χ0n) is 19.1. The fraction of sp³-hybridized carbons (Fsp3) is 0.0303. The number of rotatable bonds is 4. The van der Waals surface area contributed by atoms with Crippen LogP contribution in [0.15, 0.2) is 114 Å². The Morgan fingerprint density at radius 1 is 0.618 bits per heavy atom. The summed E-state index contributed by atoms with van der Waals surface area (Å²) in [6.45, 7) is 5.96. The van der Waals surface area contributed by atoms with Crippen molar-refractivity contribution >= 4 is 44.7 Å². The second-order valence-corrected chi connectivity index (χ2v) is 8.50. The summed E-state index contributed by atoms with van der Waals surface area (Å²) >= 11 is 0. The molecule has 0 radical (unpaired) electrons. The maximum Gasteiger partial charge on any atom is 0.136 e. The van der Waals surface area contributed by atoms with Crippen LogP contribution in [0.4, 0.5) is 0 Å². The van der Waals surface area contributed by atoms with E-state index in [2.05, 4.69) is 110 Å². The third-order valence-electron chi connectivity index (χ3n) is 6.56. The molecule has 0 aliphatic rings. The number of allylic oxidation sites excluding steroid dienone is 1. The summed E-state index contributed by atoms with van der Waals surface area (Å²) in [7, 11) is 0. The molecule has 0 amide bonds. The summed E-state index contributed by atoms with van der Waals surface area (Å²) in [5, 5.41) is 6.09. The molecule has 0 saturated heterocycles. The van der Waals surface area contributed by atoms with Crippen molar-refractivity contribution in [2.45, 2.75) is 6.92 Å². The van der Waals surface area contributed by atoms with Gasteiger partial charge in [0.1, 0.15) is 11.3 Å². The van der Waals surface area contributed by atoms with E-state index in [1.54, 1.807) is 6.08 Å². The van der Waals surface area contributed by atoms with Gasteiger partial charge in [-0.2, -0.15) is 0 Å².